The fraction of sp³-hybridized carbons (Fsp3) is 0.143. The summed E-state index contributed by atoms with van der Waals surface area (Å²) < 4.78 is 1.45. The highest BCUT2D eigenvalue weighted by Gasteiger charge is 2.23. The smallest absolute Gasteiger partial charge is 0.358 e. The highest BCUT2D eigenvalue weighted by atomic mass is 16.6. The third-order valence-corrected chi connectivity index (χ3v) is 3.16. The largest absolute Gasteiger partial charge is 0.372 e. The van der Waals surface area contributed by atoms with Crippen LogP contribution in [-0.2, 0) is 0 Å². The van der Waals surface area contributed by atoms with Gasteiger partial charge in [-0.2, -0.15) is 9.38 Å². The third kappa shape index (κ3) is 2.40. The number of rotatable bonds is 4. The summed E-state index contributed by atoms with van der Waals surface area (Å²) in [7, 11) is 0. The topological polar surface area (TPSA) is 85.4 Å². The molecule has 0 radical (unpaired) electrons. The molecule has 0 bridgehead atoms. The Labute approximate surface area is 120 Å². The van der Waals surface area contributed by atoms with E-state index in [-0.39, 0.29) is 17.7 Å². The van der Waals surface area contributed by atoms with Crippen molar-refractivity contribution >= 4 is 17.3 Å². The first kappa shape index (κ1) is 13.0. The number of hydrogen-bond donors (Lipinski definition) is 1. The molecule has 0 saturated carbocycles. The van der Waals surface area contributed by atoms with Crippen molar-refractivity contribution in [3.8, 4) is 0 Å². The molecule has 0 aromatic carbocycles. The second-order valence-electron chi connectivity index (χ2n) is 4.59. The molecule has 0 aliphatic carbocycles. The highest BCUT2D eigenvalue weighted by molar-refractivity contribution is 5.62. The monoisotopic (exact) mass is 283 g/mol. The fourth-order valence-corrected chi connectivity index (χ4v) is 2.17. The molecule has 0 spiro atoms. The van der Waals surface area contributed by atoms with Crippen molar-refractivity contribution in [3.05, 3.63) is 64.6 Å². The van der Waals surface area contributed by atoms with E-state index in [2.05, 4.69) is 15.3 Å². The molecule has 7 heteroatoms. The minimum Gasteiger partial charge on any atom is -0.358 e. The quantitative estimate of drug-likeness (QED) is 0.587. The molecule has 3 rings (SSSR count). The lowest BCUT2D eigenvalue weighted by molar-refractivity contribution is -0.389. The Morgan fingerprint density at radius 1 is 1.29 bits per heavy atom. The number of hydrogen-bond acceptors (Lipinski definition) is 5. The molecule has 0 aliphatic rings. The molecule has 0 aliphatic heterocycles. The first-order chi connectivity index (χ1) is 10.2. The molecule has 3 heterocycles. The maximum atomic E-state index is 11.3. The molecular formula is C14H13N5O2. The molecule has 106 valence electrons. The van der Waals surface area contributed by atoms with Crippen molar-refractivity contribution in [2.75, 3.05) is 5.32 Å². The van der Waals surface area contributed by atoms with Crippen LogP contribution in [0.25, 0.3) is 5.65 Å². The Hall–Kier alpha value is -2.96. The minimum atomic E-state index is -0.437. The van der Waals surface area contributed by atoms with Crippen molar-refractivity contribution < 1.29 is 4.92 Å². The van der Waals surface area contributed by atoms with Crippen LogP contribution in [0.4, 0.5) is 11.6 Å². The summed E-state index contributed by atoms with van der Waals surface area (Å²) >= 11 is 0. The summed E-state index contributed by atoms with van der Waals surface area (Å²) in [6.45, 7) is 1.88. The second-order valence-corrected chi connectivity index (χ2v) is 4.59. The molecule has 21 heavy (non-hydrogen) atoms. The van der Waals surface area contributed by atoms with Gasteiger partial charge in [-0.15, -0.1) is 0 Å². The summed E-state index contributed by atoms with van der Waals surface area (Å²) in [5, 5.41) is 14.4. The van der Waals surface area contributed by atoms with Gasteiger partial charge in [0, 0.05) is 12.3 Å². The zero-order valence-corrected chi connectivity index (χ0v) is 11.3. The van der Waals surface area contributed by atoms with Crippen LogP contribution in [0, 0.1) is 10.1 Å². The van der Waals surface area contributed by atoms with E-state index >= 15 is 0 Å². The lowest BCUT2D eigenvalue weighted by atomic mass is 10.2. The predicted octanol–water partition coefficient (Wildman–Crippen LogP) is 2.81. The standard InChI is InChI=1S/C14H13N5O2/c1-10(11-6-2-4-8-15-11)16-13-14(19(20)21)18-9-5-3-7-12(18)17-13/h2-10,16H,1H3. The molecule has 3 aromatic rings. The van der Waals surface area contributed by atoms with Gasteiger partial charge in [-0.3, -0.25) is 4.98 Å². The van der Waals surface area contributed by atoms with Crippen LogP contribution in [0.3, 0.4) is 0 Å². The predicted molar refractivity (Wildman–Crippen MR) is 78.1 cm³/mol. The molecule has 1 atom stereocenters. The van der Waals surface area contributed by atoms with E-state index in [1.807, 2.05) is 25.1 Å². The van der Waals surface area contributed by atoms with E-state index in [9.17, 15) is 10.1 Å². The molecule has 0 fully saturated rings. The van der Waals surface area contributed by atoms with E-state index in [1.165, 1.54) is 4.40 Å². The summed E-state index contributed by atoms with van der Waals surface area (Å²) in [5.74, 6) is 0.165. The SMILES string of the molecule is CC(Nc1nc2ccccn2c1[N+](=O)[O-])c1ccccn1. The molecular weight excluding hydrogens is 270 g/mol. The zero-order chi connectivity index (χ0) is 14.8. The van der Waals surface area contributed by atoms with E-state index in [0.29, 0.717) is 5.65 Å². The summed E-state index contributed by atoms with van der Waals surface area (Å²) in [4.78, 5) is 19.4. The van der Waals surface area contributed by atoms with Crippen molar-refractivity contribution in [1.29, 1.82) is 0 Å². The second kappa shape index (κ2) is 5.20. The maximum absolute atomic E-state index is 11.3. The van der Waals surface area contributed by atoms with Crippen LogP contribution in [0.15, 0.2) is 48.8 Å². The number of nitrogens with one attached hydrogen (secondary N) is 1. The summed E-state index contributed by atoms with van der Waals surface area (Å²) in [6.07, 6.45) is 3.31. The van der Waals surface area contributed by atoms with E-state index in [0.717, 1.165) is 5.69 Å². The van der Waals surface area contributed by atoms with Gasteiger partial charge in [0.25, 0.3) is 0 Å². The van der Waals surface area contributed by atoms with Crippen LogP contribution >= 0.6 is 0 Å². The third-order valence-electron chi connectivity index (χ3n) is 3.16. The van der Waals surface area contributed by atoms with Crippen LogP contribution in [0.1, 0.15) is 18.7 Å². The fourth-order valence-electron chi connectivity index (χ4n) is 2.17. The number of imidazole rings is 1. The number of nitrogens with zero attached hydrogens (tertiary/aromatic N) is 4. The summed E-state index contributed by atoms with van der Waals surface area (Å²) in [6, 6.07) is 10.6. The number of pyridine rings is 2. The van der Waals surface area contributed by atoms with Crippen LogP contribution in [0.5, 0.6) is 0 Å². The van der Waals surface area contributed by atoms with Crippen LogP contribution in [0.2, 0.25) is 0 Å². The van der Waals surface area contributed by atoms with Gasteiger partial charge < -0.3 is 15.4 Å². The summed E-state index contributed by atoms with van der Waals surface area (Å²) in [5.41, 5.74) is 1.32. The average Bonchev–Trinajstić information content (AvgIpc) is 2.86. The maximum Gasteiger partial charge on any atom is 0.372 e. The Bertz CT molecular complexity index is 784. The van der Waals surface area contributed by atoms with Gasteiger partial charge in [-0.05, 0) is 30.0 Å². The van der Waals surface area contributed by atoms with E-state index in [4.69, 9.17) is 0 Å². The molecule has 3 aromatic heterocycles. The number of fused-ring (bicyclic) bond motifs is 1. The van der Waals surface area contributed by atoms with Crippen molar-refractivity contribution in [2.24, 2.45) is 0 Å². The number of anilines is 1. The van der Waals surface area contributed by atoms with Gasteiger partial charge in [0.2, 0.25) is 11.5 Å². The van der Waals surface area contributed by atoms with Gasteiger partial charge in [0.05, 0.1) is 17.9 Å². The average molecular weight is 283 g/mol. The Balaban J connectivity index is 2.00. The lowest BCUT2D eigenvalue weighted by Gasteiger charge is -2.11. The Kier molecular flexibility index (Phi) is 3.23. The first-order valence-corrected chi connectivity index (χ1v) is 6.46. The van der Waals surface area contributed by atoms with Crippen LogP contribution in [-0.4, -0.2) is 19.3 Å². The lowest BCUT2D eigenvalue weighted by Crippen LogP contribution is -2.10. The van der Waals surface area contributed by atoms with E-state index in [1.54, 1.807) is 30.6 Å². The highest BCUT2D eigenvalue weighted by Crippen LogP contribution is 2.28. The first-order valence-electron chi connectivity index (χ1n) is 6.46. The van der Waals surface area contributed by atoms with Crippen LogP contribution < -0.4 is 5.32 Å². The molecule has 0 amide bonds. The van der Waals surface area contributed by atoms with Crippen molar-refractivity contribution in [2.45, 2.75) is 13.0 Å². The normalized spacial score (nSPS) is 12.2. The molecule has 1 unspecified atom stereocenters. The zero-order valence-electron chi connectivity index (χ0n) is 11.3. The molecule has 7 nitrogen and oxygen atoms in total. The van der Waals surface area contributed by atoms with Gasteiger partial charge in [0.1, 0.15) is 0 Å². The Morgan fingerprint density at radius 2 is 2.10 bits per heavy atom. The minimum absolute atomic E-state index is 0.0756. The van der Waals surface area contributed by atoms with Crippen molar-refractivity contribution in [1.82, 2.24) is 14.4 Å². The molecule has 1 N–H and O–H groups in total. The number of aromatic nitrogens is 3. The molecule has 0 saturated heterocycles. The van der Waals surface area contributed by atoms with Gasteiger partial charge in [-0.25, -0.2) is 0 Å². The van der Waals surface area contributed by atoms with Gasteiger partial charge in [0.15, 0.2) is 0 Å². The van der Waals surface area contributed by atoms with Gasteiger partial charge in [-0.1, -0.05) is 12.1 Å². The van der Waals surface area contributed by atoms with Crippen molar-refractivity contribution in [3.63, 3.8) is 0 Å². The van der Waals surface area contributed by atoms with E-state index < -0.39 is 4.92 Å². The van der Waals surface area contributed by atoms with Gasteiger partial charge >= 0.3 is 5.82 Å². The Morgan fingerprint density at radius 3 is 2.81 bits per heavy atom. The number of nitro groups is 1.